The van der Waals surface area contributed by atoms with Crippen LogP contribution in [0.5, 0.6) is 0 Å². The van der Waals surface area contributed by atoms with Gasteiger partial charge in [-0.1, -0.05) is 6.07 Å². The maximum absolute atomic E-state index is 13.1. The summed E-state index contributed by atoms with van der Waals surface area (Å²) in [4.78, 5) is 0. The number of hydrogen-bond donors (Lipinski definition) is 1. The minimum atomic E-state index is -3.27. The van der Waals surface area contributed by atoms with Crippen LogP contribution in [0.25, 0.3) is 0 Å². The van der Waals surface area contributed by atoms with Gasteiger partial charge >= 0.3 is 0 Å². The Kier molecular flexibility index (Phi) is 1.86. The highest BCUT2D eigenvalue weighted by molar-refractivity contribution is 5.37. The van der Waals surface area contributed by atoms with Gasteiger partial charge in [-0.15, -0.1) is 0 Å². The highest BCUT2D eigenvalue weighted by Crippen LogP contribution is 2.58. The Morgan fingerprint density at radius 1 is 1.07 bits per heavy atom. The number of nitrogens with two attached hydrogens (primary N) is 1. The van der Waals surface area contributed by atoms with Crippen LogP contribution in [0.1, 0.15) is 12.0 Å². The molecule has 2 rings (SSSR count). The molecule has 2 N–H and O–H groups in total. The Balaban J connectivity index is 2.53. The van der Waals surface area contributed by atoms with Gasteiger partial charge in [-0.05, 0) is 6.07 Å². The fourth-order valence-electron chi connectivity index (χ4n) is 1.47. The van der Waals surface area contributed by atoms with Crippen molar-refractivity contribution in [1.82, 2.24) is 0 Å². The van der Waals surface area contributed by atoms with E-state index in [1.54, 1.807) is 0 Å². The Morgan fingerprint density at radius 3 is 2.07 bits per heavy atom. The van der Waals surface area contributed by atoms with Crippen molar-refractivity contribution in [3.63, 3.8) is 0 Å². The first-order valence-electron chi connectivity index (χ1n) is 4.10. The van der Waals surface area contributed by atoms with Crippen molar-refractivity contribution in [1.29, 1.82) is 0 Å². The van der Waals surface area contributed by atoms with Gasteiger partial charge < -0.3 is 5.73 Å². The summed E-state index contributed by atoms with van der Waals surface area (Å²) in [6, 6.07) is 1.32. The molecule has 15 heavy (non-hydrogen) atoms. The summed E-state index contributed by atoms with van der Waals surface area (Å²) in [6.07, 6.45) is -0.762. The topological polar surface area (TPSA) is 26.0 Å². The lowest BCUT2D eigenvalue weighted by atomic mass is 10.0. The molecule has 1 aromatic carbocycles. The largest absolute Gasteiger partial charge is 0.316 e. The van der Waals surface area contributed by atoms with Crippen LogP contribution in [-0.4, -0.2) is 5.92 Å². The maximum Gasteiger partial charge on any atom is 0.272 e. The van der Waals surface area contributed by atoms with Gasteiger partial charge in [0.1, 0.15) is 5.54 Å². The van der Waals surface area contributed by atoms with Gasteiger partial charge in [-0.3, -0.25) is 0 Å². The molecule has 1 unspecified atom stereocenters. The van der Waals surface area contributed by atoms with E-state index in [2.05, 4.69) is 0 Å². The molecule has 1 aromatic rings. The first-order valence-corrected chi connectivity index (χ1v) is 4.10. The second-order valence-corrected chi connectivity index (χ2v) is 3.58. The first-order chi connectivity index (χ1) is 6.79. The molecule has 1 aliphatic carbocycles. The number of alkyl halides is 2. The van der Waals surface area contributed by atoms with Gasteiger partial charge in [0.15, 0.2) is 17.5 Å². The molecule has 0 heterocycles. The number of halogens is 5. The molecule has 6 heteroatoms. The van der Waals surface area contributed by atoms with Crippen molar-refractivity contribution in [2.24, 2.45) is 5.73 Å². The third kappa shape index (κ3) is 1.24. The lowest BCUT2D eigenvalue weighted by molar-refractivity contribution is 0.0879. The monoisotopic (exact) mass is 223 g/mol. The molecule has 0 amide bonds. The molecule has 0 saturated heterocycles. The van der Waals surface area contributed by atoms with Crippen molar-refractivity contribution in [2.75, 3.05) is 0 Å². The van der Waals surface area contributed by atoms with E-state index in [1.807, 2.05) is 0 Å². The third-order valence-electron chi connectivity index (χ3n) is 2.54. The van der Waals surface area contributed by atoms with E-state index in [-0.39, 0.29) is 0 Å². The summed E-state index contributed by atoms with van der Waals surface area (Å²) in [5.41, 5.74) is 2.30. The molecular weight excluding hydrogens is 217 g/mol. The van der Waals surface area contributed by atoms with E-state index in [1.165, 1.54) is 0 Å². The molecule has 82 valence electrons. The van der Waals surface area contributed by atoms with Gasteiger partial charge in [0.05, 0.1) is 0 Å². The molecule has 1 aliphatic rings. The number of benzene rings is 1. The summed E-state index contributed by atoms with van der Waals surface area (Å²) in [6.45, 7) is 0. The van der Waals surface area contributed by atoms with Crippen LogP contribution in [0.15, 0.2) is 12.1 Å². The maximum atomic E-state index is 13.1. The predicted molar refractivity (Wildman–Crippen MR) is 41.7 cm³/mol. The molecule has 1 atom stereocenters. The van der Waals surface area contributed by atoms with Crippen molar-refractivity contribution in [2.45, 2.75) is 17.9 Å². The SMILES string of the molecule is NC1(c2ccc(F)c(F)c2F)CC1(F)F. The zero-order valence-electron chi connectivity index (χ0n) is 7.33. The predicted octanol–water partition coefficient (Wildman–Crippen LogP) is 2.30. The molecule has 1 saturated carbocycles. The molecule has 0 radical (unpaired) electrons. The quantitative estimate of drug-likeness (QED) is 0.573. The average molecular weight is 223 g/mol. The fourth-order valence-corrected chi connectivity index (χ4v) is 1.47. The minimum Gasteiger partial charge on any atom is -0.316 e. The Morgan fingerprint density at radius 2 is 1.60 bits per heavy atom. The summed E-state index contributed by atoms with van der Waals surface area (Å²) < 4.78 is 63.9. The lowest BCUT2D eigenvalue weighted by Crippen LogP contribution is -2.28. The van der Waals surface area contributed by atoms with Crippen molar-refractivity contribution < 1.29 is 22.0 Å². The van der Waals surface area contributed by atoms with Crippen LogP contribution in [0.2, 0.25) is 0 Å². The van der Waals surface area contributed by atoms with E-state index in [9.17, 15) is 22.0 Å². The first kappa shape index (κ1) is 10.4. The Bertz CT molecular complexity index is 431. The minimum absolute atomic E-state index is 0.580. The van der Waals surface area contributed by atoms with Crippen LogP contribution in [0, 0.1) is 17.5 Å². The summed E-state index contributed by atoms with van der Waals surface area (Å²) in [5, 5.41) is 0. The van der Waals surface area contributed by atoms with Gasteiger partial charge in [0, 0.05) is 12.0 Å². The van der Waals surface area contributed by atoms with Gasteiger partial charge in [-0.25, -0.2) is 22.0 Å². The van der Waals surface area contributed by atoms with E-state index in [4.69, 9.17) is 5.73 Å². The van der Waals surface area contributed by atoms with Crippen molar-refractivity contribution in [3.05, 3.63) is 35.1 Å². The zero-order chi connectivity index (χ0) is 11.4. The van der Waals surface area contributed by atoms with Crippen molar-refractivity contribution in [3.8, 4) is 0 Å². The van der Waals surface area contributed by atoms with Crippen LogP contribution in [0.3, 0.4) is 0 Å². The smallest absolute Gasteiger partial charge is 0.272 e. The molecule has 0 spiro atoms. The Labute approximate surface area is 81.7 Å². The van der Waals surface area contributed by atoms with E-state index >= 15 is 0 Å². The molecule has 0 bridgehead atoms. The summed E-state index contributed by atoms with van der Waals surface area (Å²) in [7, 11) is 0. The normalized spacial score (nSPS) is 27.9. The van der Waals surface area contributed by atoms with Gasteiger partial charge in [-0.2, -0.15) is 0 Å². The van der Waals surface area contributed by atoms with Crippen LogP contribution >= 0.6 is 0 Å². The second-order valence-electron chi connectivity index (χ2n) is 3.58. The highest BCUT2D eigenvalue weighted by atomic mass is 19.3. The van der Waals surface area contributed by atoms with Crippen LogP contribution < -0.4 is 5.73 Å². The Hall–Kier alpha value is -1.17. The number of rotatable bonds is 1. The van der Waals surface area contributed by atoms with Gasteiger partial charge in [0.2, 0.25) is 0 Å². The van der Waals surface area contributed by atoms with Crippen LogP contribution in [0.4, 0.5) is 22.0 Å². The summed E-state index contributed by atoms with van der Waals surface area (Å²) >= 11 is 0. The van der Waals surface area contributed by atoms with E-state index in [0.29, 0.717) is 6.07 Å². The van der Waals surface area contributed by atoms with Crippen molar-refractivity contribution >= 4 is 0 Å². The van der Waals surface area contributed by atoms with E-state index in [0.717, 1.165) is 6.07 Å². The van der Waals surface area contributed by atoms with Gasteiger partial charge in [0.25, 0.3) is 5.92 Å². The standard InChI is InChI=1S/C9H6F5N/c10-5-2-1-4(6(11)7(5)12)8(15)3-9(8,13)14/h1-2H,3,15H2. The molecule has 0 aliphatic heterocycles. The third-order valence-corrected chi connectivity index (χ3v) is 2.54. The van der Waals surface area contributed by atoms with Crippen LogP contribution in [-0.2, 0) is 5.54 Å². The second kappa shape index (κ2) is 2.69. The lowest BCUT2D eigenvalue weighted by Gasteiger charge is -2.12. The van der Waals surface area contributed by atoms with E-state index < -0.39 is 40.9 Å². The summed E-state index contributed by atoms with van der Waals surface area (Å²) in [5.74, 6) is -8.11. The fraction of sp³-hybridized carbons (Fsp3) is 0.333. The average Bonchev–Trinajstić information content (AvgIpc) is 2.63. The molecular formula is C9H6F5N. The zero-order valence-corrected chi connectivity index (χ0v) is 7.33. The number of hydrogen-bond acceptors (Lipinski definition) is 1. The molecule has 0 aromatic heterocycles. The molecule has 1 fully saturated rings. The highest BCUT2D eigenvalue weighted by Gasteiger charge is 2.71. The molecule has 1 nitrogen and oxygen atoms in total.